The molecule has 1 aliphatic rings. The highest BCUT2D eigenvalue weighted by molar-refractivity contribution is 9.10. The van der Waals surface area contributed by atoms with Crippen molar-refractivity contribution in [2.24, 2.45) is 5.92 Å². The maximum absolute atomic E-state index is 13.7. The molecule has 0 aliphatic carbocycles. The van der Waals surface area contributed by atoms with Crippen molar-refractivity contribution in [3.8, 4) is 0 Å². The first-order valence-electron chi connectivity index (χ1n) is 5.98. The van der Waals surface area contributed by atoms with E-state index in [1.165, 1.54) is 6.07 Å². The summed E-state index contributed by atoms with van der Waals surface area (Å²) in [6, 6.07) is 4.74. The fourth-order valence-corrected chi connectivity index (χ4v) is 2.57. The van der Waals surface area contributed by atoms with Gasteiger partial charge in [-0.3, -0.25) is 4.79 Å². The van der Waals surface area contributed by atoms with E-state index in [9.17, 15) is 9.18 Å². The summed E-state index contributed by atoms with van der Waals surface area (Å²) in [5.74, 6) is -0.379. The number of carbonyl (C=O) groups is 1. The van der Waals surface area contributed by atoms with Gasteiger partial charge in [-0.05, 0) is 54.0 Å². The first-order valence-corrected chi connectivity index (χ1v) is 6.78. The van der Waals surface area contributed by atoms with Crippen LogP contribution in [0.3, 0.4) is 0 Å². The number of carbonyl (C=O) groups excluding carboxylic acids is 1. The van der Waals surface area contributed by atoms with Gasteiger partial charge in [0.1, 0.15) is 5.82 Å². The summed E-state index contributed by atoms with van der Waals surface area (Å²) < 4.78 is 14.0. The number of benzene rings is 1. The first-order chi connectivity index (χ1) is 8.58. The van der Waals surface area contributed by atoms with Gasteiger partial charge in [-0.2, -0.15) is 0 Å². The van der Waals surface area contributed by atoms with Crippen molar-refractivity contribution in [2.45, 2.75) is 6.42 Å². The number of rotatable bonds is 3. The number of halogens is 2. The Morgan fingerprint density at radius 3 is 3.06 bits per heavy atom. The van der Waals surface area contributed by atoms with Gasteiger partial charge >= 0.3 is 0 Å². The highest BCUT2D eigenvalue weighted by Gasteiger charge is 2.21. The third kappa shape index (κ3) is 3.09. The van der Waals surface area contributed by atoms with Crippen LogP contribution in [0.2, 0.25) is 0 Å². The molecule has 1 fully saturated rings. The van der Waals surface area contributed by atoms with E-state index in [0.29, 0.717) is 16.9 Å². The number of amides is 1. The summed E-state index contributed by atoms with van der Waals surface area (Å²) in [5.41, 5.74) is 0.0933. The van der Waals surface area contributed by atoms with E-state index in [2.05, 4.69) is 33.2 Å². The summed E-state index contributed by atoms with van der Waals surface area (Å²) in [6.45, 7) is 2.65. The van der Waals surface area contributed by atoms with E-state index in [0.717, 1.165) is 19.5 Å². The summed E-state index contributed by atoms with van der Waals surface area (Å²) in [6.07, 6.45) is 1.08. The zero-order valence-electron chi connectivity index (χ0n) is 10.2. The number of hydrogen-bond acceptors (Lipinski definition) is 2. The largest absolute Gasteiger partial charge is 0.352 e. The Hall–Kier alpha value is -0.940. The highest BCUT2D eigenvalue weighted by atomic mass is 79.9. The Morgan fingerprint density at radius 1 is 1.61 bits per heavy atom. The molecule has 0 radical (unpaired) electrons. The Morgan fingerprint density at radius 2 is 2.39 bits per heavy atom. The van der Waals surface area contributed by atoms with Crippen LogP contribution in [-0.4, -0.2) is 37.5 Å². The summed E-state index contributed by atoms with van der Waals surface area (Å²) >= 11 is 3.08. The topological polar surface area (TPSA) is 32.3 Å². The standard InChI is InChI=1S/C13H16BrFN2O/c1-17-6-5-9(8-17)7-16-13(18)10-3-2-4-11(14)12(10)15/h2-4,9H,5-8H2,1H3,(H,16,18). The van der Waals surface area contributed by atoms with Crippen molar-refractivity contribution >= 4 is 21.8 Å². The van der Waals surface area contributed by atoms with Crippen molar-refractivity contribution in [3.05, 3.63) is 34.1 Å². The van der Waals surface area contributed by atoms with Gasteiger partial charge in [-0.25, -0.2) is 4.39 Å². The lowest BCUT2D eigenvalue weighted by Gasteiger charge is -2.12. The predicted molar refractivity (Wildman–Crippen MR) is 72.0 cm³/mol. The van der Waals surface area contributed by atoms with E-state index in [1.807, 2.05) is 0 Å². The summed E-state index contributed by atoms with van der Waals surface area (Å²) in [5, 5.41) is 2.80. The van der Waals surface area contributed by atoms with Crippen LogP contribution < -0.4 is 5.32 Å². The molecule has 1 atom stereocenters. The lowest BCUT2D eigenvalue weighted by molar-refractivity contribution is 0.0943. The van der Waals surface area contributed by atoms with E-state index in [-0.39, 0.29) is 11.5 Å². The second-order valence-electron chi connectivity index (χ2n) is 4.73. The Labute approximate surface area is 114 Å². The SMILES string of the molecule is CN1CCC(CNC(=O)c2cccc(Br)c2F)C1. The first kappa shape index (κ1) is 13.5. The maximum atomic E-state index is 13.7. The van der Waals surface area contributed by atoms with Gasteiger partial charge in [0, 0.05) is 13.1 Å². The molecule has 1 amide bonds. The van der Waals surface area contributed by atoms with Crippen LogP contribution in [0.15, 0.2) is 22.7 Å². The van der Waals surface area contributed by atoms with Gasteiger partial charge in [0.05, 0.1) is 10.0 Å². The maximum Gasteiger partial charge on any atom is 0.254 e. The van der Waals surface area contributed by atoms with Crippen LogP contribution in [0.5, 0.6) is 0 Å². The molecule has 3 nitrogen and oxygen atoms in total. The number of hydrogen-bond donors (Lipinski definition) is 1. The molecule has 1 aromatic rings. The van der Waals surface area contributed by atoms with Crippen LogP contribution >= 0.6 is 15.9 Å². The Balaban J connectivity index is 1.94. The quantitative estimate of drug-likeness (QED) is 0.928. The van der Waals surface area contributed by atoms with Crippen LogP contribution in [0.1, 0.15) is 16.8 Å². The van der Waals surface area contributed by atoms with Crippen molar-refractivity contribution < 1.29 is 9.18 Å². The normalized spacial score (nSPS) is 20.1. The van der Waals surface area contributed by atoms with Crippen molar-refractivity contribution in [3.63, 3.8) is 0 Å². The Kier molecular flexibility index (Phi) is 4.35. The van der Waals surface area contributed by atoms with Crippen LogP contribution in [-0.2, 0) is 0 Å². The second kappa shape index (κ2) is 5.80. The average Bonchev–Trinajstić information content (AvgIpc) is 2.76. The van der Waals surface area contributed by atoms with Gasteiger partial charge in [-0.1, -0.05) is 6.07 Å². The highest BCUT2D eigenvalue weighted by Crippen LogP contribution is 2.19. The molecule has 1 N–H and O–H groups in total. The molecule has 1 aromatic carbocycles. The van der Waals surface area contributed by atoms with Crippen molar-refractivity contribution in [1.82, 2.24) is 10.2 Å². The number of likely N-dealkylation sites (tertiary alicyclic amines) is 1. The average molecular weight is 315 g/mol. The van der Waals surface area contributed by atoms with Gasteiger partial charge in [-0.15, -0.1) is 0 Å². The molecule has 1 aliphatic heterocycles. The monoisotopic (exact) mass is 314 g/mol. The lowest BCUT2D eigenvalue weighted by Crippen LogP contribution is -2.31. The minimum atomic E-state index is -0.501. The molecule has 1 unspecified atom stereocenters. The summed E-state index contributed by atoms with van der Waals surface area (Å²) in [7, 11) is 2.07. The summed E-state index contributed by atoms with van der Waals surface area (Å²) in [4.78, 5) is 14.1. The molecule has 2 rings (SSSR count). The molecule has 1 saturated heterocycles. The Bertz CT molecular complexity index is 453. The zero-order valence-corrected chi connectivity index (χ0v) is 11.8. The zero-order chi connectivity index (χ0) is 13.1. The molecular weight excluding hydrogens is 299 g/mol. The van der Waals surface area contributed by atoms with E-state index in [4.69, 9.17) is 0 Å². The number of nitrogens with one attached hydrogen (secondary N) is 1. The third-order valence-electron chi connectivity index (χ3n) is 3.24. The lowest BCUT2D eigenvalue weighted by atomic mass is 10.1. The molecule has 0 aromatic heterocycles. The van der Waals surface area contributed by atoms with E-state index in [1.54, 1.807) is 12.1 Å². The van der Waals surface area contributed by atoms with Gasteiger partial charge in [0.2, 0.25) is 0 Å². The predicted octanol–water partition coefficient (Wildman–Crippen LogP) is 2.27. The van der Waals surface area contributed by atoms with Crippen LogP contribution in [0.4, 0.5) is 4.39 Å². The molecular formula is C13H16BrFN2O. The smallest absolute Gasteiger partial charge is 0.254 e. The van der Waals surface area contributed by atoms with Gasteiger partial charge < -0.3 is 10.2 Å². The van der Waals surface area contributed by atoms with E-state index >= 15 is 0 Å². The minimum Gasteiger partial charge on any atom is -0.352 e. The fourth-order valence-electron chi connectivity index (χ4n) is 2.20. The molecule has 0 bridgehead atoms. The number of nitrogens with zero attached hydrogens (tertiary/aromatic N) is 1. The molecule has 98 valence electrons. The second-order valence-corrected chi connectivity index (χ2v) is 5.58. The van der Waals surface area contributed by atoms with Crippen molar-refractivity contribution in [1.29, 1.82) is 0 Å². The molecule has 5 heteroatoms. The molecule has 0 spiro atoms. The minimum absolute atomic E-state index is 0.0933. The van der Waals surface area contributed by atoms with Crippen molar-refractivity contribution in [2.75, 3.05) is 26.7 Å². The van der Waals surface area contributed by atoms with Gasteiger partial charge in [0.15, 0.2) is 0 Å². The molecule has 1 heterocycles. The van der Waals surface area contributed by atoms with Gasteiger partial charge in [0.25, 0.3) is 5.91 Å². The van der Waals surface area contributed by atoms with E-state index < -0.39 is 5.82 Å². The van der Waals surface area contributed by atoms with Crippen LogP contribution in [0.25, 0.3) is 0 Å². The third-order valence-corrected chi connectivity index (χ3v) is 3.85. The molecule has 18 heavy (non-hydrogen) atoms. The molecule has 0 saturated carbocycles. The fraction of sp³-hybridized carbons (Fsp3) is 0.462. The van der Waals surface area contributed by atoms with Crippen LogP contribution in [0, 0.1) is 11.7 Å².